The molecule has 3 rings (SSSR count). The summed E-state index contributed by atoms with van der Waals surface area (Å²) in [5.41, 5.74) is 2.90. The van der Waals surface area contributed by atoms with Gasteiger partial charge in [-0.3, -0.25) is 4.79 Å². The van der Waals surface area contributed by atoms with Crippen molar-refractivity contribution in [2.75, 3.05) is 28.3 Å². The van der Waals surface area contributed by atoms with Crippen LogP contribution < -0.4 is 5.73 Å². The zero-order valence-corrected chi connectivity index (χ0v) is 34.1. The average molecular weight is 749 g/mol. The molecule has 19 atom stereocenters. The van der Waals surface area contributed by atoms with Gasteiger partial charge in [-0.25, -0.2) is 0 Å². The summed E-state index contributed by atoms with van der Waals surface area (Å²) >= 11 is 0. The lowest BCUT2D eigenvalue weighted by atomic mass is 9.72. The standard InChI is InChI=1S/C38H72N2O12/c1-15-26-38(10,47-14)31(42)21(4)28(39)19(2)17-36(8,45)33(52-35-29(41)25(40(11)12)16-20(3)48-35)22(5)30(23(6)34(44)50-26)51-27-18-37(9,46-13)32(43)24(7)49-27/h19-33,35,41-43,45H,15-18,39H2,1-14H3/t19-,20-,21+,22+,23-,24+,25+,26-,27+,28?,29-,30+,31-,32+,33-,35+,36-,37-,38-/m0/s1. The first-order chi connectivity index (χ1) is 24.0. The van der Waals surface area contributed by atoms with Gasteiger partial charge in [-0.05, 0) is 80.8 Å². The van der Waals surface area contributed by atoms with Gasteiger partial charge < -0.3 is 64.2 Å². The van der Waals surface area contributed by atoms with E-state index in [1.165, 1.54) is 14.2 Å². The Morgan fingerprint density at radius 3 is 2.06 bits per heavy atom. The Morgan fingerprint density at radius 1 is 0.904 bits per heavy atom. The number of rotatable bonds is 8. The Bertz CT molecular complexity index is 1150. The van der Waals surface area contributed by atoms with Crippen LogP contribution in [0.2, 0.25) is 0 Å². The minimum Gasteiger partial charge on any atom is -0.459 e. The fourth-order valence-electron chi connectivity index (χ4n) is 8.86. The molecule has 0 amide bonds. The molecular weight excluding hydrogens is 676 g/mol. The highest BCUT2D eigenvalue weighted by molar-refractivity contribution is 5.73. The Morgan fingerprint density at radius 2 is 1.52 bits per heavy atom. The second-order valence-electron chi connectivity index (χ2n) is 17.0. The number of hydrogen-bond donors (Lipinski definition) is 5. The minimum absolute atomic E-state index is 0.132. The number of esters is 1. The molecule has 52 heavy (non-hydrogen) atoms. The minimum atomic E-state index is -1.62. The maximum atomic E-state index is 14.3. The van der Waals surface area contributed by atoms with E-state index in [-0.39, 0.29) is 30.9 Å². The molecule has 0 spiro atoms. The van der Waals surface area contributed by atoms with Crippen molar-refractivity contribution in [3.8, 4) is 0 Å². The highest BCUT2D eigenvalue weighted by atomic mass is 16.7. The van der Waals surface area contributed by atoms with E-state index in [1.54, 1.807) is 34.6 Å². The molecule has 0 aliphatic carbocycles. The number of carbonyl (C=O) groups excluding carboxylic acids is 1. The highest BCUT2D eigenvalue weighted by Gasteiger charge is 2.53. The predicted octanol–water partition coefficient (Wildman–Crippen LogP) is 2.20. The third-order valence-electron chi connectivity index (χ3n) is 12.6. The van der Waals surface area contributed by atoms with E-state index in [9.17, 15) is 25.2 Å². The summed E-state index contributed by atoms with van der Waals surface area (Å²) in [6.07, 6.45) is -7.83. The van der Waals surface area contributed by atoms with Crippen molar-refractivity contribution in [1.29, 1.82) is 0 Å². The predicted molar refractivity (Wildman–Crippen MR) is 194 cm³/mol. The summed E-state index contributed by atoms with van der Waals surface area (Å²) in [5, 5.41) is 46.8. The van der Waals surface area contributed by atoms with Gasteiger partial charge in [0.05, 0.1) is 47.6 Å². The van der Waals surface area contributed by atoms with Gasteiger partial charge in [-0.1, -0.05) is 27.7 Å². The van der Waals surface area contributed by atoms with E-state index >= 15 is 0 Å². The molecular formula is C38H72N2O12. The van der Waals surface area contributed by atoms with Crippen LogP contribution in [0.1, 0.15) is 94.9 Å². The molecule has 3 saturated heterocycles. The van der Waals surface area contributed by atoms with E-state index in [0.717, 1.165) is 0 Å². The molecule has 1 unspecified atom stereocenters. The average Bonchev–Trinajstić information content (AvgIpc) is 3.08. The molecule has 0 aromatic heterocycles. The summed E-state index contributed by atoms with van der Waals surface area (Å²) in [7, 11) is 6.75. The third-order valence-corrected chi connectivity index (χ3v) is 12.6. The lowest BCUT2D eigenvalue weighted by molar-refractivity contribution is -0.318. The van der Waals surface area contributed by atoms with Crippen molar-refractivity contribution in [3.05, 3.63) is 0 Å². The topological polar surface area (TPSA) is 192 Å². The van der Waals surface area contributed by atoms with E-state index in [0.29, 0.717) is 12.8 Å². The molecule has 0 saturated carbocycles. The van der Waals surface area contributed by atoms with E-state index < -0.39 is 102 Å². The van der Waals surface area contributed by atoms with Gasteiger partial charge in [-0.2, -0.15) is 0 Å². The largest absolute Gasteiger partial charge is 0.459 e. The lowest BCUT2D eigenvalue weighted by Gasteiger charge is -2.49. The van der Waals surface area contributed by atoms with Crippen LogP contribution in [-0.4, -0.2) is 150 Å². The number of nitrogens with zero attached hydrogens (tertiary/aromatic N) is 1. The number of likely N-dealkylation sites (N-methyl/N-ethyl adjacent to an activating group) is 1. The van der Waals surface area contributed by atoms with Crippen LogP contribution in [0.4, 0.5) is 0 Å². The van der Waals surface area contributed by atoms with E-state index in [1.807, 2.05) is 53.6 Å². The molecule has 14 nitrogen and oxygen atoms in total. The van der Waals surface area contributed by atoms with Gasteiger partial charge in [-0.15, -0.1) is 0 Å². The maximum Gasteiger partial charge on any atom is 0.311 e. The summed E-state index contributed by atoms with van der Waals surface area (Å²) < 4.78 is 43.7. The summed E-state index contributed by atoms with van der Waals surface area (Å²) in [5.74, 6) is -3.20. The van der Waals surface area contributed by atoms with Gasteiger partial charge in [0, 0.05) is 44.6 Å². The molecule has 0 radical (unpaired) electrons. The summed E-state index contributed by atoms with van der Waals surface area (Å²) in [6, 6.07) is -0.890. The Labute approximate surface area is 311 Å². The molecule has 0 aromatic carbocycles. The van der Waals surface area contributed by atoms with Gasteiger partial charge in [0.25, 0.3) is 0 Å². The number of hydrogen-bond acceptors (Lipinski definition) is 14. The van der Waals surface area contributed by atoms with Gasteiger partial charge in [0.15, 0.2) is 12.6 Å². The fourth-order valence-corrected chi connectivity index (χ4v) is 8.86. The quantitative estimate of drug-likeness (QED) is 0.227. The van der Waals surface area contributed by atoms with Crippen LogP contribution in [0.5, 0.6) is 0 Å². The smallest absolute Gasteiger partial charge is 0.311 e. The first-order valence-electron chi connectivity index (χ1n) is 19.1. The number of methoxy groups -OCH3 is 2. The second-order valence-corrected chi connectivity index (χ2v) is 17.0. The molecule has 6 N–H and O–H groups in total. The Hall–Kier alpha value is -1.01. The number of aliphatic hydroxyl groups excluding tert-OH is 3. The molecule has 3 fully saturated rings. The summed E-state index contributed by atoms with van der Waals surface area (Å²) in [4.78, 5) is 16.2. The van der Waals surface area contributed by atoms with Crippen LogP contribution in [0.25, 0.3) is 0 Å². The molecule has 306 valence electrons. The number of nitrogens with two attached hydrogens (primary N) is 1. The van der Waals surface area contributed by atoms with Crippen molar-refractivity contribution in [2.24, 2.45) is 29.4 Å². The summed E-state index contributed by atoms with van der Waals surface area (Å²) in [6.45, 7) is 17.9. The fraction of sp³-hybridized carbons (Fsp3) is 0.974. The molecule has 3 heterocycles. The lowest BCUT2D eigenvalue weighted by Crippen LogP contribution is -2.62. The second kappa shape index (κ2) is 17.8. The number of carbonyl (C=O) groups is 1. The molecule has 14 heteroatoms. The van der Waals surface area contributed by atoms with Crippen molar-refractivity contribution in [2.45, 2.75) is 185 Å². The molecule has 0 aromatic rings. The van der Waals surface area contributed by atoms with Crippen LogP contribution in [0.15, 0.2) is 0 Å². The van der Waals surface area contributed by atoms with Crippen LogP contribution in [-0.2, 0) is 38.0 Å². The SMILES string of the molecule is CC[C@@H]1OC(=O)[C@@H](C)[C@H](O[C@@H]2C[C@](C)(OC)[C@H](O)[C@@H](C)O2)[C@@H](C)[C@H](O[C@H]2O[C@@H](C)C[C@@H](N(C)C)[C@@H]2O)[C@@](C)(O)C[C@H](C)C(N)[C@@H](C)[C@H](O)[C@@]1(C)OC. The Balaban J connectivity index is 2.20. The van der Waals surface area contributed by atoms with E-state index in [2.05, 4.69) is 0 Å². The Kier molecular flexibility index (Phi) is 15.6. The first-order valence-corrected chi connectivity index (χ1v) is 19.1. The molecule has 3 aliphatic heterocycles. The van der Waals surface area contributed by atoms with Crippen LogP contribution in [0, 0.1) is 23.7 Å². The zero-order chi connectivity index (χ0) is 39.7. The number of ether oxygens (including phenoxy) is 7. The zero-order valence-electron chi connectivity index (χ0n) is 34.1. The van der Waals surface area contributed by atoms with Crippen molar-refractivity contribution in [1.82, 2.24) is 4.90 Å². The number of aliphatic hydroxyl groups is 4. The van der Waals surface area contributed by atoms with E-state index in [4.69, 9.17) is 38.9 Å². The van der Waals surface area contributed by atoms with Gasteiger partial charge in [0.1, 0.15) is 23.9 Å². The highest BCUT2D eigenvalue weighted by Crippen LogP contribution is 2.41. The normalized spacial score (nSPS) is 50.4. The van der Waals surface area contributed by atoms with Crippen molar-refractivity contribution in [3.63, 3.8) is 0 Å². The monoisotopic (exact) mass is 749 g/mol. The maximum absolute atomic E-state index is 14.3. The third kappa shape index (κ3) is 9.50. The molecule has 3 aliphatic rings. The van der Waals surface area contributed by atoms with Crippen LogP contribution in [0.3, 0.4) is 0 Å². The molecule has 0 bridgehead atoms. The first kappa shape index (κ1) is 45.4. The number of cyclic esters (lactones) is 1. The van der Waals surface area contributed by atoms with Gasteiger partial charge in [0.2, 0.25) is 0 Å². The van der Waals surface area contributed by atoms with Crippen molar-refractivity contribution >= 4 is 5.97 Å². The van der Waals surface area contributed by atoms with Crippen LogP contribution >= 0.6 is 0 Å². The van der Waals surface area contributed by atoms with Crippen molar-refractivity contribution < 1.29 is 58.4 Å². The van der Waals surface area contributed by atoms with Gasteiger partial charge >= 0.3 is 5.97 Å².